The summed E-state index contributed by atoms with van der Waals surface area (Å²) in [6.07, 6.45) is 1.44. The molecule has 0 fully saturated rings. The molecule has 1 aromatic carbocycles. The molecule has 0 bridgehead atoms. The van der Waals surface area contributed by atoms with Crippen molar-refractivity contribution in [2.45, 2.75) is 26.7 Å². The Balaban J connectivity index is 2.38. The molecule has 0 aliphatic heterocycles. The van der Waals surface area contributed by atoms with E-state index in [0.717, 1.165) is 17.8 Å². The van der Waals surface area contributed by atoms with Gasteiger partial charge in [0.2, 0.25) is 0 Å². The van der Waals surface area contributed by atoms with E-state index in [-0.39, 0.29) is 16.4 Å². The Morgan fingerprint density at radius 2 is 2.10 bits per heavy atom. The summed E-state index contributed by atoms with van der Waals surface area (Å²) in [5.41, 5.74) is 1.88. The van der Waals surface area contributed by atoms with Gasteiger partial charge in [0, 0.05) is 11.4 Å². The van der Waals surface area contributed by atoms with E-state index in [1.807, 2.05) is 13.8 Å². The summed E-state index contributed by atoms with van der Waals surface area (Å²) in [7, 11) is 0. The average molecular weight is 296 g/mol. The smallest absolute Gasteiger partial charge is 0.291 e. The van der Waals surface area contributed by atoms with Crippen LogP contribution in [0.2, 0.25) is 5.02 Å². The number of nitrogens with zero attached hydrogens (tertiary/aromatic N) is 1. The first-order chi connectivity index (χ1) is 9.55. The molecule has 0 spiro atoms. The minimum absolute atomic E-state index is 0.00711. The molecule has 1 aromatic heterocycles. The fourth-order valence-corrected chi connectivity index (χ4v) is 2.08. The predicted octanol–water partition coefficient (Wildman–Crippen LogP) is 3.43. The van der Waals surface area contributed by atoms with Crippen LogP contribution in [0.5, 0.6) is 0 Å². The molecule has 106 valence electrons. The Hall–Kier alpha value is -1.88. The number of aromatic nitrogens is 2. The first-order valence-electron chi connectivity index (χ1n) is 6.39. The average Bonchev–Trinajstić information content (AvgIpc) is 2.44. The van der Waals surface area contributed by atoms with Gasteiger partial charge in [0.1, 0.15) is 5.82 Å². The van der Waals surface area contributed by atoms with E-state index < -0.39 is 5.82 Å². The minimum atomic E-state index is -0.505. The monoisotopic (exact) mass is 295 g/mol. The van der Waals surface area contributed by atoms with Crippen molar-refractivity contribution in [2.24, 2.45) is 0 Å². The lowest BCUT2D eigenvalue weighted by molar-refractivity contribution is 0.628. The minimum Gasteiger partial charge on any atom is -0.336 e. The second-order valence-corrected chi connectivity index (χ2v) is 4.71. The summed E-state index contributed by atoms with van der Waals surface area (Å²) in [4.78, 5) is 19.1. The maximum absolute atomic E-state index is 13.1. The van der Waals surface area contributed by atoms with Crippen molar-refractivity contribution in [3.63, 3.8) is 0 Å². The summed E-state index contributed by atoms with van der Waals surface area (Å²) in [6.45, 7) is 3.93. The highest BCUT2D eigenvalue weighted by Crippen LogP contribution is 2.21. The van der Waals surface area contributed by atoms with Crippen LogP contribution in [0.1, 0.15) is 25.2 Å². The Morgan fingerprint density at radius 3 is 2.70 bits per heavy atom. The number of rotatable bonds is 4. The Kier molecular flexibility index (Phi) is 4.39. The molecule has 2 rings (SSSR count). The molecule has 0 aliphatic carbocycles. The topological polar surface area (TPSA) is 57.8 Å². The molecular formula is C14H15ClFN3O. The molecule has 1 heterocycles. The second kappa shape index (κ2) is 6.05. The van der Waals surface area contributed by atoms with Crippen LogP contribution in [-0.2, 0) is 12.8 Å². The molecule has 0 saturated carbocycles. The number of aromatic amines is 1. The zero-order chi connectivity index (χ0) is 14.7. The van der Waals surface area contributed by atoms with E-state index in [9.17, 15) is 9.18 Å². The number of aryl methyl sites for hydroxylation is 2. The summed E-state index contributed by atoms with van der Waals surface area (Å²) in [5, 5.41) is 2.85. The first kappa shape index (κ1) is 14.5. The van der Waals surface area contributed by atoms with Gasteiger partial charge in [-0.05, 0) is 31.0 Å². The third-order valence-corrected chi connectivity index (χ3v) is 3.24. The zero-order valence-corrected chi connectivity index (χ0v) is 12.0. The molecule has 0 aliphatic rings. The maximum atomic E-state index is 13.1. The number of nitrogens with one attached hydrogen (secondary N) is 2. The van der Waals surface area contributed by atoms with Crippen LogP contribution in [0, 0.1) is 5.82 Å². The van der Waals surface area contributed by atoms with E-state index in [1.54, 1.807) is 0 Å². The van der Waals surface area contributed by atoms with Crippen LogP contribution in [0.4, 0.5) is 15.9 Å². The van der Waals surface area contributed by atoms with Gasteiger partial charge in [0.15, 0.2) is 5.82 Å². The largest absolute Gasteiger partial charge is 0.336 e. The van der Waals surface area contributed by atoms with Gasteiger partial charge in [0.05, 0.1) is 10.7 Å². The lowest BCUT2D eigenvalue weighted by Crippen LogP contribution is -2.18. The van der Waals surface area contributed by atoms with Crippen LogP contribution in [0.3, 0.4) is 0 Å². The van der Waals surface area contributed by atoms with Gasteiger partial charge in [-0.2, -0.15) is 0 Å². The molecule has 0 unspecified atom stereocenters. The molecule has 2 aromatic rings. The van der Waals surface area contributed by atoms with Crippen LogP contribution < -0.4 is 10.9 Å². The Bertz CT molecular complexity index is 685. The fraction of sp³-hybridized carbons (Fsp3) is 0.286. The van der Waals surface area contributed by atoms with Gasteiger partial charge in [-0.25, -0.2) is 9.37 Å². The van der Waals surface area contributed by atoms with Gasteiger partial charge in [0.25, 0.3) is 5.56 Å². The van der Waals surface area contributed by atoms with Crippen LogP contribution in [0.15, 0.2) is 23.0 Å². The number of halogens is 2. The zero-order valence-electron chi connectivity index (χ0n) is 11.3. The Morgan fingerprint density at radius 1 is 1.35 bits per heavy atom. The SMILES string of the molecule is CCc1nc(Nc2ccc(F)c(Cl)c2)c(=O)[nH]c1CC. The molecule has 4 nitrogen and oxygen atoms in total. The van der Waals surface area contributed by atoms with Crippen LogP contribution in [0.25, 0.3) is 0 Å². The lowest BCUT2D eigenvalue weighted by Gasteiger charge is -2.09. The summed E-state index contributed by atoms with van der Waals surface area (Å²) in [5.74, 6) is -0.323. The number of H-pyrrole nitrogens is 1. The van der Waals surface area contributed by atoms with E-state index >= 15 is 0 Å². The normalized spacial score (nSPS) is 10.6. The molecule has 0 atom stereocenters. The van der Waals surface area contributed by atoms with Gasteiger partial charge in [-0.1, -0.05) is 25.4 Å². The van der Waals surface area contributed by atoms with Crippen LogP contribution >= 0.6 is 11.6 Å². The van der Waals surface area contributed by atoms with Crippen LogP contribution in [-0.4, -0.2) is 9.97 Å². The van der Waals surface area contributed by atoms with Gasteiger partial charge >= 0.3 is 0 Å². The number of anilines is 2. The molecule has 6 heteroatoms. The first-order valence-corrected chi connectivity index (χ1v) is 6.77. The van der Waals surface area contributed by atoms with Crippen molar-refractivity contribution < 1.29 is 4.39 Å². The second-order valence-electron chi connectivity index (χ2n) is 4.30. The number of hydrogen-bond acceptors (Lipinski definition) is 3. The predicted molar refractivity (Wildman–Crippen MR) is 78.3 cm³/mol. The fourth-order valence-electron chi connectivity index (χ4n) is 1.90. The summed E-state index contributed by atoms with van der Waals surface area (Å²) >= 11 is 5.70. The van der Waals surface area contributed by atoms with Gasteiger partial charge in [-0.3, -0.25) is 4.79 Å². The third kappa shape index (κ3) is 2.99. The van der Waals surface area contributed by atoms with Crippen molar-refractivity contribution in [1.82, 2.24) is 9.97 Å². The lowest BCUT2D eigenvalue weighted by atomic mass is 10.2. The third-order valence-electron chi connectivity index (χ3n) is 2.95. The van der Waals surface area contributed by atoms with Crippen molar-refractivity contribution >= 4 is 23.1 Å². The van der Waals surface area contributed by atoms with Gasteiger partial charge < -0.3 is 10.3 Å². The number of hydrogen-bond donors (Lipinski definition) is 2. The van der Waals surface area contributed by atoms with E-state index in [0.29, 0.717) is 12.1 Å². The summed E-state index contributed by atoms with van der Waals surface area (Å²) < 4.78 is 13.1. The standard InChI is InChI=1S/C14H15ClFN3O/c1-3-11-12(4-2)19-14(20)13(18-11)17-8-5-6-10(16)9(15)7-8/h5-7H,3-4H2,1-2H3,(H,17,18)(H,19,20). The molecule has 2 N–H and O–H groups in total. The molecule has 0 radical (unpaired) electrons. The van der Waals surface area contributed by atoms with E-state index in [4.69, 9.17) is 11.6 Å². The summed E-state index contributed by atoms with van der Waals surface area (Å²) in [6, 6.07) is 4.15. The molecular weight excluding hydrogens is 281 g/mol. The van der Waals surface area contributed by atoms with Crippen molar-refractivity contribution in [3.05, 3.63) is 50.8 Å². The molecule has 0 saturated heterocycles. The highest BCUT2D eigenvalue weighted by molar-refractivity contribution is 6.31. The van der Waals surface area contributed by atoms with Crippen molar-refractivity contribution in [3.8, 4) is 0 Å². The quantitative estimate of drug-likeness (QED) is 0.908. The molecule has 20 heavy (non-hydrogen) atoms. The van der Waals surface area contributed by atoms with Crippen molar-refractivity contribution in [2.75, 3.05) is 5.32 Å². The highest BCUT2D eigenvalue weighted by Gasteiger charge is 2.09. The van der Waals surface area contributed by atoms with E-state index in [2.05, 4.69) is 15.3 Å². The van der Waals surface area contributed by atoms with E-state index in [1.165, 1.54) is 18.2 Å². The maximum Gasteiger partial charge on any atom is 0.291 e. The van der Waals surface area contributed by atoms with Crippen molar-refractivity contribution in [1.29, 1.82) is 0 Å². The number of benzene rings is 1. The van der Waals surface area contributed by atoms with Gasteiger partial charge in [-0.15, -0.1) is 0 Å². The Labute approximate surface area is 121 Å². The highest BCUT2D eigenvalue weighted by atomic mass is 35.5. The molecule has 0 amide bonds.